The zero-order valence-corrected chi connectivity index (χ0v) is 14.9. The normalized spacial score (nSPS) is 11.1. The molecule has 2 aromatic carbocycles. The lowest BCUT2D eigenvalue weighted by molar-refractivity contribution is -0.155. The number of halogens is 1. The summed E-state index contributed by atoms with van der Waals surface area (Å²) in [5.74, 6) is -2.84. The highest BCUT2D eigenvalue weighted by atomic mass is 19.1. The van der Waals surface area contributed by atoms with Gasteiger partial charge in [-0.3, -0.25) is 19.7 Å². The third kappa shape index (κ3) is 5.90. The van der Waals surface area contributed by atoms with Crippen LogP contribution in [-0.4, -0.2) is 37.4 Å². The fourth-order valence-corrected chi connectivity index (χ4v) is 2.17. The van der Waals surface area contributed by atoms with Gasteiger partial charge in [-0.1, -0.05) is 30.3 Å². The van der Waals surface area contributed by atoms with Crippen LogP contribution >= 0.6 is 0 Å². The minimum absolute atomic E-state index is 0.158. The van der Waals surface area contributed by atoms with Crippen molar-refractivity contribution in [3.63, 3.8) is 0 Å². The summed E-state index contributed by atoms with van der Waals surface area (Å²) in [7, 11) is 1.33. The molecule has 0 radical (unpaired) electrons. The Labute approximate surface area is 160 Å². The van der Waals surface area contributed by atoms with Crippen molar-refractivity contribution in [1.82, 2.24) is 16.0 Å². The van der Waals surface area contributed by atoms with E-state index in [0.29, 0.717) is 5.56 Å². The van der Waals surface area contributed by atoms with Crippen LogP contribution in [0.25, 0.3) is 0 Å². The van der Waals surface area contributed by atoms with E-state index in [2.05, 4.69) is 10.6 Å². The molecule has 4 amide bonds. The summed E-state index contributed by atoms with van der Waals surface area (Å²) in [6.45, 7) is -0.521. The Morgan fingerprint density at radius 1 is 1.00 bits per heavy atom. The maximum Gasteiger partial charge on any atom is 0.326 e. The monoisotopic (exact) mass is 387 g/mol. The van der Waals surface area contributed by atoms with Gasteiger partial charge in [0.15, 0.2) is 0 Å². The van der Waals surface area contributed by atoms with Crippen molar-refractivity contribution in [2.75, 3.05) is 13.6 Å². The summed E-state index contributed by atoms with van der Waals surface area (Å²) in [4.78, 5) is 47.7. The smallest absolute Gasteiger partial charge is 0.326 e. The first-order chi connectivity index (χ1) is 13.4. The molecular formula is C19H18FN3O5. The van der Waals surface area contributed by atoms with Crippen molar-refractivity contribution in [2.45, 2.75) is 6.10 Å². The van der Waals surface area contributed by atoms with E-state index in [4.69, 9.17) is 4.74 Å². The highest BCUT2D eigenvalue weighted by Crippen LogP contribution is 2.17. The number of ether oxygens (including phenoxy) is 1. The summed E-state index contributed by atoms with van der Waals surface area (Å²) in [5, 5.41) is 6.58. The number of esters is 1. The van der Waals surface area contributed by atoms with E-state index < -0.39 is 42.3 Å². The number of imide groups is 1. The first kappa shape index (κ1) is 20.6. The molecule has 0 spiro atoms. The molecule has 0 saturated carbocycles. The predicted octanol–water partition coefficient (Wildman–Crippen LogP) is 1.30. The molecule has 3 N–H and O–H groups in total. The Hall–Kier alpha value is -3.75. The highest BCUT2D eigenvalue weighted by molar-refractivity contribution is 5.98. The molecule has 0 aliphatic carbocycles. The fourth-order valence-electron chi connectivity index (χ4n) is 2.17. The predicted molar refractivity (Wildman–Crippen MR) is 96.6 cm³/mol. The van der Waals surface area contributed by atoms with E-state index in [1.165, 1.54) is 19.2 Å². The number of rotatable bonds is 6. The number of nitrogens with one attached hydrogen (secondary N) is 3. The number of carbonyl (C=O) groups is 4. The molecule has 28 heavy (non-hydrogen) atoms. The van der Waals surface area contributed by atoms with Crippen LogP contribution in [0, 0.1) is 5.82 Å². The molecule has 0 bridgehead atoms. The van der Waals surface area contributed by atoms with E-state index in [1.807, 2.05) is 5.32 Å². The van der Waals surface area contributed by atoms with Crippen LogP contribution in [0.3, 0.4) is 0 Å². The zero-order chi connectivity index (χ0) is 20.5. The summed E-state index contributed by atoms with van der Waals surface area (Å²) < 4.78 is 18.0. The molecule has 0 fully saturated rings. The van der Waals surface area contributed by atoms with Gasteiger partial charge in [0.25, 0.3) is 11.8 Å². The van der Waals surface area contributed by atoms with Gasteiger partial charge in [0.1, 0.15) is 12.4 Å². The molecule has 2 aromatic rings. The number of urea groups is 1. The third-order valence-corrected chi connectivity index (χ3v) is 3.55. The van der Waals surface area contributed by atoms with Gasteiger partial charge in [-0.2, -0.15) is 0 Å². The van der Waals surface area contributed by atoms with E-state index in [1.54, 1.807) is 30.3 Å². The first-order valence-corrected chi connectivity index (χ1v) is 8.21. The maximum atomic E-state index is 12.9. The minimum atomic E-state index is -1.38. The second-order valence-electron chi connectivity index (χ2n) is 5.54. The molecule has 0 aliphatic rings. The van der Waals surface area contributed by atoms with Crippen molar-refractivity contribution in [2.24, 2.45) is 0 Å². The molecule has 9 heteroatoms. The number of amides is 4. The van der Waals surface area contributed by atoms with Gasteiger partial charge in [0.05, 0.1) is 0 Å². The van der Waals surface area contributed by atoms with Crippen molar-refractivity contribution in [3.05, 3.63) is 71.5 Å². The van der Waals surface area contributed by atoms with Gasteiger partial charge in [0, 0.05) is 18.2 Å². The van der Waals surface area contributed by atoms with E-state index in [0.717, 1.165) is 12.1 Å². The van der Waals surface area contributed by atoms with Gasteiger partial charge in [-0.25, -0.2) is 9.18 Å². The van der Waals surface area contributed by atoms with Crippen LogP contribution in [-0.2, 0) is 14.3 Å². The van der Waals surface area contributed by atoms with Crippen LogP contribution in [0.4, 0.5) is 9.18 Å². The molecule has 0 unspecified atom stereocenters. The van der Waals surface area contributed by atoms with Crippen molar-refractivity contribution >= 4 is 23.8 Å². The fraction of sp³-hybridized carbons (Fsp3) is 0.158. The molecule has 146 valence electrons. The lowest BCUT2D eigenvalue weighted by Crippen LogP contribution is -2.42. The Kier molecular flexibility index (Phi) is 7.21. The largest absolute Gasteiger partial charge is 0.446 e. The Bertz CT molecular complexity index is 856. The number of benzene rings is 2. The van der Waals surface area contributed by atoms with Gasteiger partial charge in [-0.05, 0) is 24.3 Å². The van der Waals surface area contributed by atoms with Crippen LogP contribution in [0.15, 0.2) is 54.6 Å². The third-order valence-electron chi connectivity index (χ3n) is 3.55. The minimum Gasteiger partial charge on any atom is -0.446 e. The molecular weight excluding hydrogens is 369 g/mol. The number of hydrogen-bond acceptors (Lipinski definition) is 5. The summed E-state index contributed by atoms with van der Waals surface area (Å²) in [5.41, 5.74) is 0.508. The van der Waals surface area contributed by atoms with Crippen molar-refractivity contribution in [1.29, 1.82) is 0 Å². The van der Waals surface area contributed by atoms with Gasteiger partial charge in [-0.15, -0.1) is 0 Å². The standard InChI is InChI=1S/C19H18FN3O5/c1-21-19(27)23-18(26)16(12-5-3-2-4-6-12)28-15(24)11-22-17(25)13-7-9-14(20)10-8-13/h2-10,16H,11H2,1H3,(H,22,25)(H2,21,23,26,27)/t16-/m0/s1. The van der Waals surface area contributed by atoms with E-state index >= 15 is 0 Å². The van der Waals surface area contributed by atoms with Crippen LogP contribution < -0.4 is 16.0 Å². The van der Waals surface area contributed by atoms with Gasteiger partial charge in [0.2, 0.25) is 6.10 Å². The molecule has 8 nitrogen and oxygen atoms in total. The average molecular weight is 387 g/mol. The maximum absolute atomic E-state index is 12.9. The van der Waals surface area contributed by atoms with Crippen LogP contribution in [0.2, 0.25) is 0 Å². The molecule has 0 heterocycles. The van der Waals surface area contributed by atoms with Gasteiger partial charge >= 0.3 is 12.0 Å². The zero-order valence-electron chi connectivity index (χ0n) is 14.9. The second-order valence-corrected chi connectivity index (χ2v) is 5.54. The highest BCUT2D eigenvalue weighted by Gasteiger charge is 2.26. The first-order valence-electron chi connectivity index (χ1n) is 8.21. The Morgan fingerprint density at radius 3 is 2.25 bits per heavy atom. The quantitative estimate of drug-likeness (QED) is 0.647. The number of hydrogen-bond donors (Lipinski definition) is 3. The van der Waals surface area contributed by atoms with Crippen molar-refractivity contribution < 1.29 is 28.3 Å². The molecule has 1 atom stereocenters. The van der Waals surface area contributed by atoms with Gasteiger partial charge < -0.3 is 15.4 Å². The topological polar surface area (TPSA) is 114 Å². The summed E-state index contributed by atoms with van der Waals surface area (Å²) in [6.07, 6.45) is -1.38. The van der Waals surface area contributed by atoms with Crippen LogP contribution in [0.5, 0.6) is 0 Å². The van der Waals surface area contributed by atoms with E-state index in [9.17, 15) is 23.6 Å². The lowest BCUT2D eigenvalue weighted by Gasteiger charge is -2.17. The second kappa shape index (κ2) is 9.81. The molecule has 0 aromatic heterocycles. The Morgan fingerprint density at radius 2 is 1.64 bits per heavy atom. The Balaban J connectivity index is 2.01. The summed E-state index contributed by atoms with van der Waals surface area (Å²) in [6, 6.07) is 12.1. The van der Waals surface area contributed by atoms with Crippen molar-refractivity contribution in [3.8, 4) is 0 Å². The average Bonchev–Trinajstić information content (AvgIpc) is 2.71. The van der Waals surface area contributed by atoms with Crippen LogP contribution in [0.1, 0.15) is 22.0 Å². The lowest BCUT2D eigenvalue weighted by atomic mass is 10.1. The molecule has 2 rings (SSSR count). The van der Waals surface area contributed by atoms with E-state index in [-0.39, 0.29) is 5.56 Å². The molecule has 0 saturated heterocycles. The molecule has 0 aliphatic heterocycles. The SMILES string of the molecule is CNC(=O)NC(=O)[C@@H](OC(=O)CNC(=O)c1ccc(F)cc1)c1ccccc1. The number of carbonyl (C=O) groups excluding carboxylic acids is 4. The summed E-state index contributed by atoms with van der Waals surface area (Å²) >= 11 is 0.